The topological polar surface area (TPSA) is 67.8 Å². The van der Waals surface area contributed by atoms with E-state index < -0.39 is 5.97 Å². The second-order valence-corrected chi connectivity index (χ2v) is 5.07. The van der Waals surface area contributed by atoms with Crippen LogP contribution in [0, 0.1) is 5.92 Å². The van der Waals surface area contributed by atoms with E-state index in [0.717, 1.165) is 36.4 Å². The first-order valence-electron chi connectivity index (χ1n) is 6.82. The average Bonchev–Trinajstić information content (AvgIpc) is 2.47. The highest BCUT2D eigenvalue weighted by atomic mass is 16.5. The number of hydrogen-bond acceptors (Lipinski definition) is 4. The van der Waals surface area contributed by atoms with Gasteiger partial charge in [0.15, 0.2) is 0 Å². The van der Waals surface area contributed by atoms with Gasteiger partial charge in [-0.3, -0.25) is 4.79 Å². The van der Waals surface area contributed by atoms with Crippen molar-refractivity contribution >= 4 is 5.97 Å². The molecule has 0 unspecified atom stereocenters. The molecular formula is C15H21NO4. The molecule has 1 aromatic rings. The van der Waals surface area contributed by atoms with Gasteiger partial charge in [0, 0.05) is 12.1 Å². The maximum Gasteiger partial charge on any atom is 0.308 e. The number of benzene rings is 1. The molecule has 0 spiro atoms. The van der Waals surface area contributed by atoms with Gasteiger partial charge in [0.2, 0.25) is 0 Å². The van der Waals surface area contributed by atoms with Crippen LogP contribution >= 0.6 is 0 Å². The van der Waals surface area contributed by atoms with Crippen molar-refractivity contribution in [3.8, 4) is 11.5 Å². The lowest BCUT2D eigenvalue weighted by Gasteiger charge is -2.30. The van der Waals surface area contributed by atoms with Gasteiger partial charge >= 0.3 is 5.97 Å². The predicted octanol–water partition coefficient (Wildman–Crippen LogP) is 1.70. The monoisotopic (exact) mass is 279 g/mol. The minimum absolute atomic E-state index is 0.0435. The molecule has 20 heavy (non-hydrogen) atoms. The molecule has 1 heterocycles. The van der Waals surface area contributed by atoms with E-state index in [-0.39, 0.29) is 12.0 Å². The summed E-state index contributed by atoms with van der Waals surface area (Å²) >= 11 is 0. The van der Waals surface area contributed by atoms with Crippen LogP contribution in [0.25, 0.3) is 0 Å². The number of ether oxygens (including phenoxy) is 2. The van der Waals surface area contributed by atoms with Crippen molar-refractivity contribution in [2.45, 2.75) is 25.3 Å². The maximum absolute atomic E-state index is 11.3. The zero-order valence-corrected chi connectivity index (χ0v) is 11.9. The molecule has 1 aliphatic rings. The van der Waals surface area contributed by atoms with Gasteiger partial charge in [-0.1, -0.05) is 0 Å². The Morgan fingerprint density at radius 3 is 2.50 bits per heavy atom. The summed E-state index contributed by atoms with van der Waals surface area (Å²) in [6.45, 7) is 0.871. The van der Waals surface area contributed by atoms with Gasteiger partial charge in [-0.2, -0.15) is 0 Å². The summed E-state index contributed by atoms with van der Waals surface area (Å²) in [6.07, 6.45) is 2.30. The third-order valence-corrected chi connectivity index (χ3v) is 3.77. The SMILES string of the molecule is COc1cc(C[C@@H]2NCCC[C@@H]2C(=O)O)cc(OC)c1. The highest BCUT2D eigenvalue weighted by Gasteiger charge is 2.30. The standard InChI is InChI=1S/C15H21NO4/c1-19-11-6-10(7-12(9-11)20-2)8-14-13(15(17)18)4-3-5-16-14/h6-7,9,13-14,16H,3-5,8H2,1-2H3,(H,17,18)/t13-,14-/m0/s1. The molecular weight excluding hydrogens is 258 g/mol. The number of piperidine rings is 1. The van der Waals surface area contributed by atoms with Gasteiger partial charge in [-0.05, 0) is 43.5 Å². The molecule has 110 valence electrons. The van der Waals surface area contributed by atoms with Gasteiger partial charge in [0.05, 0.1) is 20.1 Å². The van der Waals surface area contributed by atoms with Gasteiger partial charge in [0.1, 0.15) is 11.5 Å². The molecule has 2 N–H and O–H groups in total. The summed E-state index contributed by atoms with van der Waals surface area (Å²) in [4.78, 5) is 11.3. The molecule has 0 aliphatic carbocycles. The molecule has 1 fully saturated rings. The van der Waals surface area contributed by atoms with Crippen LogP contribution in [0.3, 0.4) is 0 Å². The van der Waals surface area contributed by atoms with Gasteiger partial charge < -0.3 is 19.9 Å². The summed E-state index contributed by atoms with van der Waals surface area (Å²) in [5, 5.41) is 12.6. The zero-order chi connectivity index (χ0) is 14.5. The zero-order valence-electron chi connectivity index (χ0n) is 11.9. The number of carbonyl (C=O) groups is 1. The molecule has 5 heteroatoms. The second kappa shape index (κ2) is 6.61. The van der Waals surface area contributed by atoms with Crippen LogP contribution in [0.4, 0.5) is 0 Å². The fourth-order valence-electron chi connectivity index (χ4n) is 2.70. The number of methoxy groups -OCH3 is 2. The van der Waals surface area contributed by atoms with E-state index in [9.17, 15) is 9.90 Å². The Morgan fingerprint density at radius 2 is 1.95 bits per heavy atom. The third-order valence-electron chi connectivity index (χ3n) is 3.77. The fraction of sp³-hybridized carbons (Fsp3) is 0.533. The Morgan fingerprint density at radius 1 is 1.30 bits per heavy atom. The lowest BCUT2D eigenvalue weighted by molar-refractivity contribution is -0.143. The van der Waals surface area contributed by atoms with Crippen molar-refractivity contribution in [2.75, 3.05) is 20.8 Å². The highest BCUT2D eigenvalue weighted by molar-refractivity contribution is 5.71. The third kappa shape index (κ3) is 3.42. The molecule has 0 amide bonds. The minimum Gasteiger partial charge on any atom is -0.497 e. The van der Waals surface area contributed by atoms with E-state index in [1.807, 2.05) is 18.2 Å². The molecule has 1 aliphatic heterocycles. The highest BCUT2D eigenvalue weighted by Crippen LogP contribution is 2.26. The Bertz CT molecular complexity index is 453. The fourth-order valence-corrected chi connectivity index (χ4v) is 2.70. The van der Waals surface area contributed by atoms with Crippen molar-refractivity contribution in [1.29, 1.82) is 0 Å². The van der Waals surface area contributed by atoms with Crippen LogP contribution in [0.1, 0.15) is 18.4 Å². The molecule has 2 rings (SSSR count). The Balaban J connectivity index is 2.17. The van der Waals surface area contributed by atoms with Crippen LogP contribution in [0.15, 0.2) is 18.2 Å². The molecule has 0 bridgehead atoms. The van der Waals surface area contributed by atoms with Crippen LogP contribution in [0.2, 0.25) is 0 Å². The van der Waals surface area contributed by atoms with Gasteiger partial charge in [0.25, 0.3) is 0 Å². The average molecular weight is 279 g/mol. The number of hydrogen-bond donors (Lipinski definition) is 2. The summed E-state index contributed by atoms with van der Waals surface area (Å²) in [6, 6.07) is 5.63. The van der Waals surface area contributed by atoms with Crippen molar-refractivity contribution in [3.05, 3.63) is 23.8 Å². The molecule has 0 radical (unpaired) electrons. The van der Waals surface area contributed by atoms with Crippen molar-refractivity contribution < 1.29 is 19.4 Å². The molecule has 0 aromatic heterocycles. The van der Waals surface area contributed by atoms with E-state index in [1.165, 1.54) is 0 Å². The first kappa shape index (κ1) is 14.7. The summed E-state index contributed by atoms with van der Waals surface area (Å²) < 4.78 is 10.5. The summed E-state index contributed by atoms with van der Waals surface area (Å²) in [5.41, 5.74) is 1.02. The van der Waals surface area contributed by atoms with Gasteiger partial charge in [-0.15, -0.1) is 0 Å². The lowest BCUT2D eigenvalue weighted by atomic mass is 9.87. The Hall–Kier alpha value is -1.75. The molecule has 1 aromatic carbocycles. The van der Waals surface area contributed by atoms with E-state index in [4.69, 9.17) is 9.47 Å². The lowest BCUT2D eigenvalue weighted by Crippen LogP contribution is -2.46. The first-order valence-corrected chi connectivity index (χ1v) is 6.82. The number of aliphatic carboxylic acids is 1. The van der Waals surface area contributed by atoms with E-state index in [1.54, 1.807) is 14.2 Å². The first-order chi connectivity index (χ1) is 9.63. The second-order valence-electron chi connectivity index (χ2n) is 5.07. The predicted molar refractivity (Wildman–Crippen MR) is 75.4 cm³/mol. The van der Waals surface area contributed by atoms with Crippen LogP contribution < -0.4 is 14.8 Å². The largest absolute Gasteiger partial charge is 0.497 e. The Kier molecular flexibility index (Phi) is 4.84. The van der Waals surface area contributed by atoms with Crippen LogP contribution in [-0.4, -0.2) is 37.9 Å². The normalized spacial score (nSPS) is 22.3. The van der Waals surface area contributed by atoms with Crippen molar-refractivity contribution in [3.63, 3.8) is 0 Å². The molecule has 2 atom stereocenters. The van der Waals surface area contributed by atoms with E-state index in [2.05, 4.69) is 5.32 Å². The van der Waals surface area contributed by atoms with Crippen molar-refractivity contribution in [2.24, 2.45) is 5.92 Å². The summed E-state index contributed by atoms with van der Waals surface area (Å²) in [7, 11) is 3.22. The quantitative estimate of drug-likeness (QED) is 0.858. The van der Waals surface area contributed by atoms with Crippen molar-refractivity contribution in [1.82, 2.24) is 5.32 Å². The minimum atomic E-state index is -0.725. The summed E-state index contributed by atoms with van der Waals surface area (Å²) in [5.74, 6) is 0.391. The van der Waals surface area contributed by atoms with E-state index in [0.29, 0.717) is 6.42 Å². The maximum atomic E-state index is 11.3. The number of nitrogens with one attached hydrogen (secondary N) is 1. The van der Waals surface area contributed by atoms with Crippen LogP contribution in [-0.2, 0) is 11.2 Å². The Labute approximate surface area is 118 Å². The van der Waals surface area contributed by atoms with Gasteiger partial charge in [-0.25, -0.2) is 0 Å². The molecule has 0 saturated carbocycles. The molecule has 1 saturated heterocycles. The number of carboxylic acid groups (broad SMARTS) is 1. The number of rotatable bonds is 5. The van der Waals surface area contributed by atoms with E-state index >= 15 is 0 Å². The van der Waals surface area contributed by atoms with Crippen LogP contribution in [0.5, 0.6) is 11.5 Å². The number of carboxylic acids is 1. The smallest absolute Gasteiger partial charge is 0.308 e. The molecule has 5 nitrogen and oxygen atoms in total.